The standard InChI is InChI=1S/C22H15F3N2O2/c23-15-6-4-13(5-7-15)21-18-11-17(25)8-9-19(18)26-20(28)12-27(21)22(29)14-2-1-3-16(24)10-14/h1-11,21H,12H2,(H,26,28)/t21-/m0/s1. The molecule has 0 saturated heterocycles. The molecule has 0 radical (unpaired) electrons. The van der Waals surface area contributed by atoms with E-state index >= 15 is 0 Å². The lowest BCUT2D eigenvalue weighted by Gasteiger charge is -2.30. The Labute approximate surface area is 164 Å². The summed E-state index contributed by atoms with van der Waals surface area (Å²) >= 11 is 0. The molecule has 0 spiro atoms. The summed E-state index contributed by atoms with van der Waals surface area (Å²) in [5.74, 6) is -2.71. The largest absolute Gasteiger partial charge is 0.324 e. The van der Waals surface area contributed by atoms with Crippen molar-refractivity contribution in [2.75, 3.05) is 11.9 Å². The van der Waals surface area contributed by atoms with Gasteiger partial charge in [0.25, 0.3) is 5.91 Å². The minimum atomic E-state index is -0.879. The topological polar surface area (TPSA) is 49.4 Å². The van der Waals surface area contributed by atoms with Crippen molar-refractivity contribution in [2.45, 2.75) is 6.04 Å². The van der Waals surface area contributed by atoms with Crippen LogP contribution in [0.25, 0.3) is 0 Å². The minimum Gasteiger partial charge on any atom is -0.324 e. The SMILES string of the molecule is O=C1CN(C(=O)c2cccc(F)c2)[C@@H](c2ccc(F)cc2)c2cc(F)ccc2N1. The first-order valence-corrected chi connectivity index (χ1v) is 8.83. The van der Waals surface area contributed by atoms with Crippen molar-refractivity contribution < 1.29 is 22.8 Å². The Hall–Kier alpha value is -3.61. The number of halogens is 3. The van der Waals surface area contributed by atoms with Crippen LogP contribution in [0.2, 0.25) is 0 Å². The van der Waals surface area contributed by atoms with Gasteiger partial charge in [0.2, 0.25) is 5.91 Å². The van der Waals surface area contributed by atoms with Gasteiger partial charge in [-0.3, -0.25) is 9.59 Å². The molecule has 29 heavy (non-hydrogen) atoms. The van der Waals surface area contributed by atoms with Gasteiger partial charge < -0.3 is 10.2 Å². The number of hydrogen-bond acceptors (Lipinski definition) is 2. The number of benzene rings is 3. The first-order chi connectivity index (χ1) is 13.9. The molecule has 1 aliphatic rings. The van der Waals surface area contributed by atoms with Gasteiger partial charge in [-0.15, -0.1) is 0 Å². The summed E-state index contributed by atoms with van der Waals surface area (Å²) in [5.41, 5.74) is 1.22. The van der Waals surface area contributed by atoms with Gasteiger partial charge in [0, 0.05) is 16.8 Å². The lowest BCUT2D eigenvalue weighted by atomic mass is 9.95. The average Bonchev–Trinajstić information content (AvgIpc) is 2.84. The highest BCUT2D eigenvalue weighted by Crippen LogP contribution is 2.37. The van der Waals surface area contributed by atoms with Crippen LogP contribution >= 0.6 is 0 Å². The number of rotatable bonds is 2. The maximum Gasteiger partial charge on any atom is 0.255 e. The quantitative estimate of drug-likeness (QED) is 0.703. The van der Waals surface area contributed by atoms with Crippen LogP contribution in [0.3, 0.4) is 0 Å². The second-order valence-electron chi connectivity index (χ2n) is 6.68. The van der Waals surface area contributed by atoms with Crippen LogP contribution in [0, 0.1) is 17.5 Å². The van der Waals surface area contributed by atoms with E-state index in [-0.39, 0.29) is 12.1 Å². The lowest BCUT2D eigenvalue weighted by Crippen LogP contribution is -2.39. The van der Waals surface area contributed by atoms with Crippen LogP contribution in [0.5, 0.6) is 0 Å². The van der Waals surface area contributed by atoms with E-state index in [1.54, 1.807) is 0 Å². The third-order valence-corrected chi connectivity index (χ3v) is 4.73. The Balaban J connectivity index is 1.90. The van der Waals surface area contributed by atoms with Gasteiger partial charge in [0.15, 0.2) is 0 Å². The van der Waals surface area contributed by atoms with E-state index in [0.717, 1.165) is 6.07 Å². The van der Waals surface area contributed by atoms with Crippen LogP contribution in [-0.2, 0) is 4.79 Å². The fourth-order valence-corrected chi connectivity index (χ4v) is 3.46. The molecule has 1 atom stereocenters. The number of carbonyl (C=O) groups excluding carboxylic acids is 2. The van der Waals surface area contributed by atoms with Crippen molar-refractivity contribution in [1.82, 2.24) is 4.90 Å². The number of hydrogen-bond donors (Lipinski definition) is 1. The fraction of sp³-hybridized carbons (Fsp3) is 0.0909. The zero-order valence-electron chi connectivity index (χ0n) is 15.0. The number of anilines is 1. The second kappa shape index (κ2) is 7.43. The molecule has 0 fully saturated rings. The summed E-state index contributed by atoms with van der Waals surface area (Å²) in [6.45, 7) is -0.340. The molecule has 3 aromatic carbocycles. The number of nitrogens with one attached hydrogen (secondary N) is 1. The van der Waals surface area contributed by atoms with Crippen LogP contribution in [-0.4, -0.2) is 23.3 Å². The Bertz CT molecular complexity index is 1100. The average molecular weight is 396 g/mol. The number of amides is 2. The van der Waals surface area contributed by atoms with E-state index in [4.69, 9.17) is 0 Å². The van der Waals surface area contributed by atoms with E-state index in [1.807, 2.05) is 0 Å². The van der Waals surface area contributed by atoms with Crippen molar-refractivity contribution in [2.24, 2.45) is 0 Å². The molecule has 3 aromatic rings. The Morgan fingerprint density at radius 2 is 1.59 bits per heavy atom. The number of fused-ring (bicyclic) bond motifs is 1. The smallest absolute Gasteiger partial charge is 0.255 e. The summed E-state index contributed by atoms with van der Waals surface area (Å²) in [4.78, 5) is 26.9. The van der Waals surface area contributed by atoms with E-state index in [9.17, 15) is 22.8 Å². The molecule has 0 saturated carbocycles. The lowest BCUT2D eigenvalue weighted by molar-refractivity contribution is -0.117. The summed E-state index contributed by atoms with van der Waals surface area (Å²) < 4.78 is 41.2. The highest BCUT2D eigenvalue weighted by molar-refractivity contribution is 6.01. The first kappa shape index (κ1) is 18.7. The van der Waals surface area contributed by atoms with Crippen molar-refractivity contribution in [3.8, 4) is 0 Å². The van der Waals surface area contributed by atoms with Crippen LogP contribution < -0.4 is 5.32 Å². The van der Waals surface area contributed by atoms with E-state index in [1.165, 1.54) is 65.6 Å². The molecule has 0 aromatic heterocycles. The van der Waals surface area contributed by atoms with Gasteiger partial charge in [0.05, 0.1) is 6.04 Å². The fourth-order valence-electron chi connectivity index (χ4n) is 3.46. The third-order valence-electron chi connectivity index (χ3n) is 4.73. The zero-order chi connectivity index (χ0) is 20.5. The van der Waals surface area contributed by atoms with Crippen LogP contribution in [0.4, 0.5) is 18.9 Å². The predicted octanol–water partition coefficient (Wildman–Crippen LogP) is 4.29. The van der Waals surface area contributed by atoms with E-state index in [0.29, 0.717) is 16.8 Å². The number of carbonyl (C=O) groups is 2. The minimum absolute atomic E-state index is 0.0461. The van der Waals surface area contributed by atoms with Crippen LogP contribution in [0.15, 0.2) is 66.7 Å². The molecule has 146 valence electrons. The molecule has 0 unspecified atom stereocenters. The van der Waals surface area contributed by atoms with Gasteiger partial charge in [-0.1, -0.05) is 18.2 Å². The Kier molecular flexibility index (Phi) is 4.80. The molecule has 2 amide bonds. The summed E-state index contributed by atoms with van der Waals surface area (Å²) in [6, 6.07) is 13.4. The van der Waals surface area contributed by atoms with Crippen LogP contribution in [0.1, 0.15) is 27.5 Å². The van der Waals surface area contributed by atoms with Gasteiger partial charge in [-0.05, 0) is 54.1 Å². The normalized spacial score (nSPS) is 16.0. The summed E-state index contributed by atoms with van der Waals surface area (Å²) in [7, 11) is 0. The monoisotopic (exact) mass is 396 g/mol. The molecule has 4 nitrogen and oxygen atoms in total. The highest BCUT2D eigenvalue weighted by Gasteiger charge is 2.34. The van der Waals surface area contributed by atoms with E-state index < -0.39 is 35.3 Å². The molecule has 1 N–H and O–H groups in total. The maximum atomic E-state index is 14.1. The zero-order valence-corrected chi connectivity index (χ0v) is 15.0. The second-order valence-corrected chi connectivity index (χ2v) is 6.68. The highest BCUT2D eigenvalue weighted by atomic mass is 19.1. The predicted molar refractivity (Wildman–Crippen MR) is 101 cm³/mol. The molecule has 1 heterocycles. The Morgan fingerprint density at radius 3 is 2.31 bits per heavy atom. The molecule has 0 aliphatic carbocycles. The van der Waals surface area contributed by atoms with Gasteiger partial charge in [-0.2, -0.15) is 0 Å². The van der Waals surface area contributed by atoms with E-state index in [2.05, 4.69) is 5.32 Å². The maximum absolute atomic E-state index is 14.1. The molecule has 4 rings (SSSR count). The molecular formula is C22H15F3N2O2. The third kappa shape index (κ3) is 3.71. The Morgan fingerprint density at radius 1 is 0.897 bits per heavy atom. The first-order valence-electron chi connectivity index (χ1n) is 8.83. The summed E-state index contributed by atoms with van der Waals surface area (Å²) in [5, 5.41) is 2.66. The summed E-state index contributed by atoms with van der Waals surface area (Å²) in [6.07, 6.45) is 0. The number of nitrogens with zero attached hydrogens (tertiary/aromatic N) is 1. The van der Waals surface area contributed by atoms with Crippen molar-refractivity contribution in [3.05, 3.63) is 101 Å². The molecule has 7 heteroatoms. The molecule has 0 bridgehead atoms. The van der Waals surface area contributed by atoms with Crippen molar-refractivity contribution >= 4 is 17.5 Å². The molecule has 1 aliphatic heterocycles. The molecular weight excluding hydrogens is 381 g/mol. The van der Waals surface area contributed by atoms with Gasteiger partial charge >= 0.3 is 0 Å². The van der Waals surface area contributed by atoms with Gasteiger partial charge in [0.1, 0.15) is 24.0 Å². The van der Waals surface area contributed by atoms with Gasteiger partial charge in [-0.25, -0.2) is 13.2 Å². The van der Waals surface area contributed by atoms with Crippen molar-refractivity contribution in [3.63, 3.8) is 0 Å². The van der Waals surface area contributed by atoms with Crippen molar-refractivity contribution in [1.29, 1.82) is 0 Å².